The fourth-order valence-corrected chi connectivity index (χ4v) is 6.46. The zero-order chi connectivity index (χ0) is 26.9. The Morgan fingerprint density at radius 2 is 1.59 bits per heavy atom. The number of para-hydroxylation sites is 1. The average Bonchev–Trinajstić information content (AvgIpc) is 3.50. The molecule has 2 heterocycles. The quantitative estimate of drug-likeness (QED) is 0.253. The lowest BCUT2D eigenvalue weighted by Gasteiger charge is -2.31. The molecule has 0 radical (unpaired) electrons. The second-order valence-corrected chi connectivity index (χ2v) is 10.5. The van der Waals surface area contributed by atoms with Gasteiger partial charge in [-0.1, -0.05) is 66.7 Å². The Kier molecular flexibility index (Phi) is 6.90. The molecule has 6 heteroatoms. The van der Waals surface area contributed by atoms with Gasteiger partial charge >= 0.3 is 0 Å². The normalized spacial score (nSPS) is 24.7. The summed E-state index contributed by atoms with van der Waals surface area (Å²) >= 11 is 0. The van der Waals surface area contributed by atoms with Crippen molar-refractivity contribution in [3.05, 3.63) is 107 Å². The largest absolute Gasteiger partial charge is 0.508 e. The van der Waals surface area contributed by atoms with Crippen LogP contribution in [0.4, 0.5) is 5.69 Å². The number of ether oxygens (including phenoxy) is 1. The van der Waals surface area contributed by atoms with Gasteiger partial charge in [0.05, 0.1) is 36.8 Å². The summed E-state index contributed by atoms with van der Waals surface area (Å²) in [5.41, 5.74) is 5.67. The van der Waals surface area contributed by atoms with Crippen LogP contribution in [0.3, 0.4) is 0 Å². The molecule has 4 atom stereocenters. The summed E-state index contributed by atoms with van der Waals surface area (Å²) < 4.78 is 6.31. The predicted molar refractivity (Wildman–Crippen MR) is 150 cm³/mol. The highest BCUT2D eigenvalue weighted by atomic mass is 16.5. The Morgan fingerprint density at radius 3 is 2.28 bits per heavy atom. The van der Waals surface area contributed by atoms with Crippen molar-refractivity contribution in [2.45, 2.75) is 25.4 Å². The number of hydrogen-bond donors (Lipinski definition) is 2. The lowest BCUT2D eigenvalue weighted by molar-refractivity contribution is -0.122. The van der Waals surface area contributed by atoms with Gasteiger partial charge in [-0.3, -0.25) is 14.5 Å². The molecule has 2 N–H and O–H groups in total. The number of aliphatic hydroxyl groups excluding tert-OH is 1. The summed E-state index contributed by atoms with van der Waals surface area (Å²) in [5, 5.41) is 20.0. The predicted octanol–water partition coefficient (Wildman–Crippen LogP) is 5.23. The number of imide groups is 1. The maximum Gasteiger partial charge on any atom is 0.238 e. The van der Waals surface area contributed by atoms with E-state index in [9.17, 15) is 19.8 Å². The van der Waals surface area contributed by atoms with Gasteiger partial charge in [0.25, 0.3) is 0 Å². The number of hydrogen-bond acceptors (Lipinski definition) is 5. The maximum atomic E-state index is 13.6. The molecule has 2 fully saturated rings. The number of amides is 2. The molecule has 0 spiro atoms. The minimum atomic E-state index is -0.467. The van der Waals surface area contributed by atoms with E-state index in [0.717, 1.165) is 34.3 Å². The van der Waals surface area contributed by atoms with E-state index in [-0.39, 0.29) is 36.2 Å². The highest BCUT2D eigenvalue weighted by Crippen LogP contribution is 2.50. The van der Waals surface area contributed by atoms with E-state index >= 15 is 0 Å². The summed E-state index contributed by atoms with van der Waals surface area (Å²) in [6.45, 7) is 0.227. The average molecular weight is 522 g/mol. The molecule has 6 nitrogen and oxygen atoms in total. The van der Waals surface area contributed by atoms with Gasteiger partial charge in [0.1, 0.15) is 5.75 Å². The van der Waals surface area contributed by atoms with E-state index in [1.807, 2.05) is 48.5 Å². The number of aromatic hydroxyl groups is 1. The first-order valence-electron chi connectivity index (χ1n) is 13.5. The molecule has 0 bridgehead atoms. The van der Waals surface area contributed by atoms with Gasteiger partial charge in [-0.15, -0.1) is 0 Å². The van der Waals surface area contributed by atoms with Crippen LogP contribution in [0, 0.1) is 17.8 Å². The first kappa shape index (κ1) is 25.3. The van der Waals surface area contributed by atoms with E-state index in [4.69, 9.17) is 4.74 Å². The van der Waals surface area contributed by atoms with Crippen LogP contribution in [0.5, 0.6) is 5.75 Å². The molecule has 2 saturated heterocycles. The third-order valence-electron chi connectivity index (χ3n) is 8.27. The van der Waals surface area contributed by atoms with Crippen LogP contribution < -0.4 is 4.90 Å². The SMILES string of the molecule is O=C1[C@@H]2[C@@H](CC(CO)=C3[C@@H](CC/C(=C/c4ccc(O)cc4)c4ccccc4)OC[C@@H]32)C(=O)N1c1ccccc1. The van der Waals surface area contributed by atoms with Crippen molar-refractivity contribution < 1.29 is 24.5 Å². The lowest BCUT2D eigenvalue weighted by atomic mass is 9.69. The Morgan fingerprint density at radius 1 is 0.897 bits per heavy atom. The van der Waals surface area contributed by atoms with E-state index in [1.54, 1.807) is 24.3 Å². The van der Waals surface area contributed by atoms with Crippen molar-refractivity contribution in [1.82, 2.24) is 0 Å². The summed E-state index contributed by atoms with van der Waals surface area (Å²) in [7, 11) is 0. The molecule has 3 aliphatic rings. The number of anilines is 1. The number of nitrogens with zero attached hydrogens (tertiary/aromatic N) is 1. The zero-order valence-electron chi connectivity index (χ0n) is 21.6. The van der Waals surface area contributed by atoms with Gasteiger partial charge in [0.15, 0.2) is 0 Å². The molecule has 0 unspecified atom stereocenters. The second-order valence-electron chi connectivity index (χ2n) is 10.5. The molecule has 198 valence electrons. The van der Waals surface area contributed by atoms with Gasteiger partial charge in [-0.25, -0.2) is 0 Å². The standard InChI is InChI=1S/C33H31NO5/c35-19-24-18-27-31(33(38)34(32(27)37)25-9-5-2-6-10-25)28-20-39-29(30(24)28)16-13-23(22-7-3-1-4-8-22)17-21-11-14-26(36)15-12-21/h1-12,14-15,17,27-29,31,35-36H,13,16,18-20H2/b23-17-/t27-,28+,29-,31-/m1/s1. The Hall–Kier alpha value is -4.00. The number of allylic oxidation sites excluding steroid dienone is 1. The zero-order valence-corrected chi connectivity index (χ0v) is 21.6. The Bertz CT molecular complexity index is 1430. The minimum Gasteiger partial charge on any atom is -0.508 e. The molecule has 3 aromatic carbocycles. The van der Waals surface area contributed by atoms with Crippen LogP contribution in [0.15, 0.2) is 96.1 Å². The molecule has 6 rings (SSSR count). The number of phenolic OH excluding ortho intramolecular Hbond substituents is 1. The number of carbonyl (C=O) groups is 2. The highest BCUT2D eigenvalue weighted by molar-refractivity contribution is 6.22. The van der Waals surface area contributed by atoms with Crippen LogP contribution in [-0.4, -0.2) is 41.3 Å². The van der Waals surface area contributed by atoms with E-state index in [1.165, 1.54) is 4.90 Å². The monoisotopic (exact) mass is 521 g/mol. The van der Waals surface area contributed by atoms with Gasteiger partial charge in [0, 0.05) is 5.92 Å². The number of carbonyl (C=O) groups excluding carboxylic acids is 2. The van der Waals surface area contributed by atoms with Crippen molar-refractivity contribution >= 4 is 29.2 Å². The first-order chi connectivity index (χ1) is 19.0. The summed E-state index contributed by atoms with van der Waals surface area (Å²) in [6.07, 6.45) is 3.70. The number of aliphatic hydroxyl groups is 1. The van der Waals surface area contributed by atoms with Crippen molar-refractivity contribution in [3.8, 4) is 5.75 Å². The van der Waals surface area contributed by atoms with E-state index in [2.05, 4.69) is 18.2 Å². The van der Waals surface area contributed by atoms with Crippen LogP contribution >= 0.6 is 0 Å². The van der Waals surface area contributed by atoms with Crippen molar-refractivity contribution in [2.75, 3.05) is 18.1 Å². The summed E-state index contributed by atoms with van der Waals surface area (Å²) in [4.78, 5) is 28.3. The third-order valence-corrected chi connectivity index (χ3v) is 8.27. The van der Waals surface area contributed by atoms with Gasteiger partial charge < -0.3 is 14.9 Å². The number of rotatable bonds is 7. The molecule has 3 aromatic rings. The number of fused-ring (bicyclic) bond motifs is 3. The number of benzene rings is 3. The summed E-state index contributed by atoms with van der Waals surface area (Å²) in [6, 6.07) is 26.4. The molecular weight excluding hydrogens is 490 g/mol. The second kappa shape index (κ2) is 10.6. The third kappa shape index (κ3) is 4.71. The van der Waals surface area contributed by atoms with Crippen LogP contribution in [0.1, 0.15) is 30.4 Å². The van der Waals surface area contributed by atoms with Crippen LogP contribution in [0.25, 0.3) is 11.6 Å². The molecule has 0 saturated carbocycles. The Balaban J connectivity index is 1.26. The Labute approximate surface area is 227 Å². The van der Waals surface area contributed by atoms with Gasteiger partial charge in [-0.2, -0.15) is 0 Å². The molecule has 0 aromatic heterocycles. The summed E-state index contributed by atoms with van der Waals surface area (Å²) in [5.74, 6) is -1.27. The lowest BCUT2D eigenvalue weighted by Crippen LogP contribution is -2.35. The van der Waals surface area contributed by atoms with Crippen LogP contribution in [-0.2, 0) is 14.3 Å². The van der Waals surface area contributed by atoms with Gasteiger partial charge in [0.2, 0.25) is 11.8 Å². The molecule has 2 aliphatic heterocycles. The van der Waals surface area contributed by atoms with Crippen LogP contribution in [0.2, 0.25) is 0 Å². The first-order valence-corrected chi connectivity index (χ1v) is 13.5. The van der Waals surface area contributed by atoms with E-state index < -0.39 is 11.8 Å². The maximum absolute atomic E-state index is 13.6. The smallest absolute Gasteiger partial charge is 0.238 e. The number of phenols is 1. The van der Waals surface area contributed by atoms with Crippen molar-refractivity contribution in [3.63, 3.8) is 0 Å². The van der Waals surface area contributed by atoms with Crippen molar-refractivity contribution in [2.24, 2.45) is 17.8 Å². The minimum absolute atomic E-state index is 0.142. The molecule has 2 amide bonds. The molecule has 39 heavy (non-hydrogen) atoms. The fraction of sp³-hybridized carbons (Fsp3) is 0.273. The topological polar surface area (TPSA) is 87.1 Å². The highest BCUT2D eigenvalue weighted by Gasteiger charge is 2.57. The molecular formula is C33H31NO5. The van der Waals surface area contributed by atoms with E-state index in [0.29, 0.717) is 25.1 Å². The van der Waals surface area contributed by atoms with Crippen molar-refractivity contribution in [1.29, 1.82) is 0 Å². The molecule has 1 aliphatic carbocycles. The van der Waals surface area contributed by atoms with Gasteiger partial charge in [-0.05, 0) is 71.4 Å². The fourth-order valence-electron chi connectivity index (χ4n) is 6.46.